The maximum Gasteiger partial charge on any atom is 0.338 e. The first-order valence-electron chi connectivity index (χ1n) is 8.26. The van der Waals surface area contributed by atoms with Gasteiger partial charge in [0.15, 0.2) is 0 Å². The second kappa shape index (κ2) is 8.22. The Hall–Kier alpha value is -2.87. The minimum Gasteiger partial charge on any atom is -0.462 e. The van der Waals surface area contributed by atoms with Gasteiger partial charge in [0.05, 0.1) is 24.1 Å². The average Bonchev–Trinajstić information content (AvgIpc) is 2.62. The van der Waals surface area contributed by atoms with Crippen molar-refractivity contribution in [2.24, 2.45) is 0 Å². The zero-order valence-electron chi connectivity index (χ0n) is 15.6. The van der Waals surface area contributed by atoms with Gasteiger partial charge in [-0.05, 0) is 49.7 Å². The van der Waals surface area contributed by atoms with E-state index in [4.69, 9.17) is 4.74 Å². The summed E-state index contributed by atoms with van der Waals surface area (Å²) in [6.07, 6.45) is 1.09. The van der Waals surface area contributed by atoms with E-state index in [2.05, 4.69) is 5.32 Å². The van der Waals surface area contributed by atoms with Crippen LogP contribution < -0.4 is 9.62 Å². The minimum absolute atomic E-state index is 0.259. The third kappa shape index (κ3) is 5.07. The Morgan fingerprint density at radius 1 is 1.11 bits per heavy atom. The molecule has 0 fully saturated rings. The van der Waals surface area contributed by atoms with Gasteiger partial charge in [0.1, 0.15) is 0 Å². The number of hydrogen-bond donors (Lipinski definition) is 1. The number of nitrogens with zero attached hydrogens (tertiary/aromatic N) is 1. The molecule has 0 spiro atoms. The lowest BCUT2D eigenvalue weighted by Crippen LogP contribution is -2.25. The molecule has 7 nitrogen and oxygen atoms in total. The van der Waals surface area contributed by atoms with Crippen molar-refractivity contribution in [2.45, 2.75) is 13.8 Å². The number of rotatable bonds is 6. The number of carbonyl (C=O) groups is 2. The van der Waals surface area contributed by atoms with Crippen LogP contribution in [0.15, 0.2) is 42.5 Å². The Kier molecular flexibility index (Phi) is 6.22. The maximum absolute atomic E-state index is 12.6. The number of ether oxygens (including phenoxy) is 1. The van der Waals surface area contributed by atoms with Crippen LogP contribution in [0.3, 0.4) is 0 Å². The number of aryl methyl sites for hydroxylation is 1. The molecule has 0 saturated carbocycles. The number of nitrogens with one attached hydrogen (secondary N) is 1. The smallest absolute Gasteiger partial charge is 0.338 e. The second-order valence-corrected chi connectivity index (χ2v) is 8.00. The first-order chi connectivity index (χ1) is 12.6. The normalized spacial score (nSPS) is 11.0. The Morgan fingerprint density at radius 3 is 2.44 bits per heavy atom. The molecule has 2 aromatic rings. The predicted molar refractivity (Wildman–Crippen MR) is 105 cm³/mol. The van der Waals surface area contributed by atoms with Crippen LogP contribution >= 0.6 is 0 Å². The summed E-state index contributed by atoms with van der Waals surface area (Å²) < 4.78 is 29.4. The molecule has 0 aliphatic carbocycles. The molecule has 2 aromatic carbocycles. The van der Waals surface area contributed by atoms with E-state index in [1.165, 1.54) is 13.1 Å². The van der Waals surface area contributed by atoms with Gasteiger partial charge in [0.25, 0.3) is 5.91 Å². The molecule has 0 aliphatic heterocycles. The molecule has 0 heterocycles. The molecule has 0 bridgehead atoms. The van der Waals surface area contributed by atoms with Crippen molar-refractivity contribution in [2.75, 3.05) is 29.5 Å². The number of carbonyl (C=O) groups excluding carboxylic acids is 2. The summed E-state index contributed by atoms with van der Waals surface area (Å²) in [5.74, 6) is -0.882. The van der Waals surface area contributed by atoms with Crippen molar-refractivity contribution in [3.05, 3.63) is 59.2 Å². The van der Waals surface area contributed by atoms with Crippen LogP contribution in [-0.4, -0.2) is 40.2 Å². The quantitative estimate of drug-likeness (QED) is 0.766. The molecule has 0 aromatic heterocycles. The molecular formula is C19H22N2O5S. The van der Waals surface area contributed by atoms with Gasteiger partial charge in [0, 0.05) is 18.3 Å². The largest absolute Gasteiger partial charge is 0.462 e. The van der Waals surface area contributed by atoms with Gasteiger partial charge in [-0.3, -0.25) is 9.10 Å². The highest BCUT2D eigenvalue weighted by Crippen LogP contribution is 2.21. The number of hydrogen-bond acceptors (Lipinski definition) is 5. The molecule has 1 amide bonds. The molecule has 0 unspecified atom stereocenters. The lowest BCUT2D eigenvalue weighted by molar-refractivity contribution is 0.0526. The Morgan fingerprint density at radius 2 is 1.81 bits per heavy atom. The van der Waals surface area contributed by atoms with Gasteiger partial charge >= 0.3 is 5.97 Å². The van der Waals surface area contributed by atoms with Crippen LogP contribution in [0.2, 0.25) is 0 Å². The summed E-state index contributed by atoms with van der Waals surface area (Å²) >= 11 is 0. The van der Waals surface area contributed by atoms with Gasteiger partial charge in [0.2, 0.25) is 10.0 Å². The molecule has 0 aliphatic rings. The van der Waals surface area contributed by atoms with E-state index in [9.17, 15) is 18.0 Å². The van der Waals surface area contributed by atoms with Gasteiger partial charge in [-0.25, -0.2) is 13.2 Å². The monoisotopic (exact) mass is 390 g/mol. The van der Waals surface area contributed by atoms with E-state index >= 15 is 0 Å². The molecule has 0 saturated heterocycles. The van der Waals surface area contributed by atoms with Crippen LogP contribution in [0.25, 0.3) is 0 Å². The molecule has 0 atom stereocenters. The Balaban J connectivity index is 2.28. The summed E-state index contributed by atoms with van der Waals surface area (Å²) in [6.45, 7) is 3.78. The predicted octanol–water partition coefficient (Wildman–Crippen LogP) is 2.82. The van der Waals surface area contributed by atoms with E-state index in [-0.39, 0.29) is 6.61 Å². The van der Waals surface area contributed by atoms with E-state index in [0.717, 1.165) is 16.1 Å². The van der Waals surface area contributed by atoms with Crippen LogP contribution in [0, 0.1) is 6.92 Å². The number of esters is 1. The first-order valence-corrected chi connectivity index (χ1v) is 10.1. The number of anilines is 2. The Bertz CT molecular complexity index is 970. The van der Waals surface area contributed by atoms with Crippen molar-refractivity contribution in [3.8, 4) is 0 Å². The van der Waals surface area contributed by atoms with E-state index in [1.54, 1.807) is 50.2 Å². The highest BCUT2D eigenvalue weighted by atomic mass is 32.2. The lowest BCUT2D eigenvalue weighted by atomic mass is 10.1. The lowest BCUT2D eigenvalue weighted by Gasteiger charge is -2.17. The molecule has 8 heteroatoms. The van der Waals surface area contributed by atoms with Gasteiger partial charge in [-0.1, -0.05) is 12.1 Å². The summed E-state index contributed by atoms with van der Waals surface area (Å²) in [5, 5.41) is 2.75. The van der Waals surface area contributed by atoms with Crippen LogP contribution in [0.1, 0.15) is 33.2 Å². The van der Waals surface area contributed by atoms with Gasteiger partial charge in [-0.15, -0.1) is 0 Å². The fraction of sp³-hybridized carbons (Fsp3) is 0.263. The van der Waals surface area contributed by atoms with Crippen molar-refractivity contribution in [3.63, 3.8) is 0 Å². The first kappa shape index (κ1) is 20.4. The van der Waals surface area contributed by atoms with Crippen LogP contribution in [0.5, 0.6) is 0 Å². The van der Waals surface area contributed by atoms with Crippen molar-refractivity contribution in [1.29, 1.82) is 0 Å². The molecular weight excluding hydrogens is 368 g/mol. The van der Waals surface area contributed by atoms with Crippen molar-refractivity contribution >= 4 is 33.3 Å². The molecule has 27 heavy (non-hydrogen) atoms. The van der Waals surface area contributed by atoms with Gasteiger partial charge in [-0.2, -0.15) is 0 Å². The number of amides is 1. The minimum atomic E-state index is -3.43. The van der Waals surface area contributed by atoms with E-state index in [0.29, 0.717) is 22.5 Å². The molecule has 1 N–H and O–H groups in total. The maximum atomic E-state index is 12.6. The average molecular weight is 390 g/mol. The number of benzene rings is 2. The van der Waals surface area contributed by atoms with E-state index < -0.39 is 21.9 Å². The van der Waals surface area contributed by atoms with Crippen molar-refractivity contribution < 1.29 is 22.7 Å². The molecule has 144 valence electrons. The SMILES string of the molecule is CCOC(=O)c1ccc(C)c(NC(=O)c2cccc(N(C)S(C)(=O)=O)c2)c1. The summed E-state index contributed by atoms with van der Waals surface area (Å²) in [6, 6.07) is 11.2. The summed E-state index contributed by atoms with van der Waals surface area (Å²) in [5.41, 5.74) is 2.27. The highest BCUT2D eigenvalue weighted by molar-refractivity contribution is 7.92. The van der Waals surface area contributed by atoms with Gasteiger partial charge < -0.3 is 10.1 Å². The summed E-state index contributed by atoms with van der Waals surface area (Å²) in [4.78, 5) is 24.5. The zero-order chi connectivity index (χ0) is 20.2. The Labute approximate surface area is 159 Å². The zero-order valence-corrected chi connectivity index (χ0v) is 16.5. The topological polar surface area (TPSA) is 92.8 Å². The third-order valence-corrected chi connectivity index (χ3v) is 5.17. The van der Waals surface area contributed by atoms with Crippen LogP contribution in [-0.2, 0) is 14.8 Å². The molecule has 0 radical (unpaired) electrons. The van der Waals surface area contributed by atoms with Crippen molar-refractivity contribution in [1.82, 2.24) is 0 Å². The fourth-order valence-electron chi connectivity index (χ4n) is 2.33. The highest BCUT2D eigenvalue weighted by Gasteiger charge is 2.15. The van der Waals surface area contributed by atoms with Crippen LogP contribution in [0.4, 0.5) is 11.4 Å². The van der Waals surface area contributed by atoms with E-state index in [1.807, 2.05) is 0 Å². The fourth-order valence-corrected chi connectivity index (χ4v) is 2.82. The summed E-state index contributed by atoms with van der Waals surface area (Å²) in [7, 11) is -2.02. The standard InChI is InChI=1S/C19H22N2O5S/c1-5-26-19(23)15-10-9-13(2)17(12-15)20-18(22)14-7-6-8-16(11-14)21(3)27(4,24)25/h6-12H,5H2,1-4H3,(H,20,22). The second-order valence-electron chi connectivity index (χ2n) is 5.99. The number of sulfonamides is 1. The third-order valence-electron chi connectivity index (χ3n) is 3.97. The molecule has 2 rings (SSSR count).